The summed E-state index contributed by atoms with van der Waals surface area (Å²) in [7, 11) is 2.12. The van der Waals surface area contributed by atoms with E-state index in [1.165, 1.54) is 0 Å². The van der Waals surface area contributed by atoms with Crippen LogP contribution in [0.1, 0.15) is 26.3 Å². The van der Waals surface area contributed by atoms with Gasteiger partial charge < -0.3 is 30.2 Å². The van der Waals surface area contributed by atoms with Gasteiger partial charge in [-0.25, -0.2) is 14.4 Å². The van der Waals surface area contributed by atoms with Crippen LogP contribution in [-0.2, 0) is 30.0 Å². The first kappa shape index (κ1) is 26.6. The minimum Gasteiger partial charge on any atom is -0.466 e. The van der Waals surface area contributed by atoms with Crippen LogP contribution in [0.2, 0.25) is 0 Å². The van der Waals surface area contributed by atoms with E-state index < -0.39 is 41.1 Å². The lowest BCUT2D eigenvalue weighted by atomic mass is 10.1. The quantitative estimate of drug-likeness (QED) is 0.234. The molecule has 0 saturated carbocycles. The third-order valence-corrected chi connectivity index (χ3v) is 3.59. The van der Waals surface area contributed by atoms with Gasteiger partial charge in [-0.2, -0.15) is 13.2 Å². The summed E-state index contributed by atoms with van der Waals surface area (Å²) in [6.07, 6.45) is -4.55. The molecular formula is C20H26F3N3O6. The fourth-order valence-corrected chi connectivity index (χ4v) is 2.23. The molecule has 0 radical (unpaired) electrons. The molecule has 32 heavy (non-hydrogen) atoms. The summed E-state index contributed by atoms with van der Waals surface area (Å²) in [5, 5.41) is 7.81. The van der Waals surface area contributed by atoms with Crippen molar-refractivity contribution in [3.05, 3.63) is 35.5 Å². The third-order valence-electron chi connectivity index (χ3n) is 3.59. The summed E-state index contributed by atoms with van der Waals surface area (Å²) in [4.78, 5) is 35.1. The predicted molar refractivity (Wildman–Crippen MR) is 110 cm³/mol. The number of alkyl carbamates (subject to hydrolysis) is 1. The average molecular weight is 461 g/mol. The molecule has 0 aliphatic heterocycles. The summed E-state index contributed by atoms with van der Waals surface area (Å²) >= 11 is 0. The zero-order valence-electron chi connectivity index (χ0n) is 18.3. The minimum atomic E-state index is -4.65. The van der Waals surface area contributed by atoms with Crippen LogP contribution in [0.15, 0.2) is 30.0 Å². The number of nitrogens with one attached hydrogen (secondary N) is 3. The fraction of sp³-hybridized carbons (Fsp3) is 0.450. The molecule has 0 spiro atoms. The first-order valence-corrected chi connectivity index (χ1v) is 9.33. The summed E-state index contributed by atoms with van der Waals surface area (Å²) < 4.78 is 53.6. The molecule has 178 valence electrons. The van der Waals surface area contributed by atoms with Crippen LogP contribution in [0.4, 0.5) is 29.3 Å². The number of methoxy groups -OCH3 is 2. The Bertz CT molecular complexity index is 863. The van der Waals surface area contributed by atoms with Crippen molar-refractivity contribution in [3.63, 3.8) is 0 Å². The van der Waals surface area contributed by atoms with E-state index >= 15 is 0 Å². The van der Waals surface area contributed by atoms with Crippen LogP contribution >= 0.6 is 0 Å². The Labute approximate surface area is 183 Å². The van der Waals surface area contributed by atoms with E-state index in [4.69, 9.17) is 4.74 Å². The Kier molecular flexibility index (Phi) is 9.35. The molecule has 0 aliphatic rings. The van der Waals surface area contributed by atoms with E-state index in [0.29, 0.717) is 0 Å². The molecule has 0 saturated heterocycles. The first-order chi connectivity index (χ1) is 14.8. The van der Waals surface area contributed by atoms with Crippen LogP contribution in [0.25, 0.3) is 0 Å². The predicted octanol–water partition coefficient (Wildman–Crippen LogP) is 3.28. The molecular weight excluding hydrogens is 435 g/mol. The Morgan fingerprint density at radius 1 is 1.00 bits per heavy atom. The van der Waals surface area contributed by atoms with Crippen molar-refractivity contribution in [3.8, 4) is 0 Å². The van der Waals surface area contributed by atoms with E-state index in [0.717, 1.165) is 38.5 Å². The molecule has 0 aromatic heterocycles. The number of ether oxygens (including phenoxy) is 3. The second kappa shape index (κ2) is 11.3. The van der Waals surface area contributed by atoms with Crippen LogP contribution in [0.5, 0.6) is 0 Å². The molecule has 0 bridgehead atoms. The van der Waals surface area contributed by atoms with Crippen LogP contribution < -0.4 is 16.0 Å². The maximum atomic E-state index is 13.2. The lowest BCUT2D eigenvalue weighted by molar-refractivity contribution is -0.138. The van der Waals surface area contributed by atoms with Crippen molar-refractivity contribution in [1.82, 2.24) is 5.32 Å². The summed E-state index contributed by atoms with van der Waals surface area (Å²) in [5.74, 6) is -1.91. The molecule has 1 amide bonds. The topological polar surface area (TPSA) is 115 Å². The normalized spacial score (nSPS) is 11.9. The zero-order chi connectivity index (χ0) is 24.5. The van der Waals surface area contributed by atoms with Gasteiger partial charge in [0.05, 0.1) is 37.2 Å². The van der Waals surface area contributed by atoms with Crippen molar-refractivity contribution in [2.75, 3.05) is 37.9 Å². The molecule has 1 rings (SSSR count). The molecule has 0 atom stereocenters. The number of benzene rings is 1. The van der Waals surface area contributed by atoms with Gasteiger partial charge in [0, 0.05) is 13.1 Å². The monoisotopic (exact) mass is 461 g/mol. The summed E-state index contributed by atoms with van der Waals surface area (Å²) in [5.41, 5.74) is -2.09. The highest BCUT2D eigenvalue weighted by Crippen LogP contribution is 2.34. The van der Waals surface area contributed by atoms with Crippen molar-refractivity contribution < 1.29 is 41.8 Å². The van der Waals surface area contributed by atoms with Crippen LogP contribution in [0, 0.1) is 0 Å². The molecule has 0 fully saturated rings. The third kappa shape index (κ3) is 9.14. The second-order valence-electron chi connectivity index (χ2n) is 7.31. The minimum absolute atomic E-state index is 0.0945. The fourth-order valence-electron chi connectivity index (χ4n) is 2.23. The van der Waals surface area contributed by atoms with E-state index in [1.54, 1.807) is 20.8 Å². The van der Waals surface area contributed by atoms with Gasteiger partial charge in [0.25, 0.3) is 0 Å². The van der Waals surface area contributed by atoms with E-state index in [9.17, 15) is 27.6 Å². The highest BCUT2D eigenvalue weighted by Gasteiger charge is 2.31. The SMILES string of the molecule is COC(=O)/C=C(/Nc1cc(C(F)(F)F)ccc1NCCNC(=O)OC(C)(C)C)C(=O)OC. The maximum Gasteiger partial charge on any atom is 0.416 e. The summed E-state index contributed by atoms with van der Waals surface area (Å²) in [6.45, 7) is 5.31. The molecule has 0 unspecified atom stereocenters. The molecule has 9 nitrogen and oxygen atoms in total. The van der Waals surface area contributed by atoms with Gasteiger partial charge in [-0.15, -0.1) is 0 Å². The van der Waals surface area contributed by atoms with Crippen LogP contribution in [0.3, 0.4) is 0 Å². The zero-order valence-corrected chi connectivity index (χ0v) is 18.3. The van der Waals surface area contributed by atoms with Gasteiger partial charge in [0.15, 0.2) is 0 Å². The highest BCUT2D eigenvalue weighted by molar-refractivity contribution is 5.99. The van der Waals surface area contributed by atoms with E-state index in [2.05, 4.69) is 25.4 Å². The molecule has 12 heteroatoms. The summed E-state index contributed by atoms with van der Waals surface area (Å²) in [6, 6.07) is 2.75. The lowest BCUT2D eigenvalue weighted by Gasteiger charge is -2.20. The number of halogens is 3. The second-order valence-corrected chi connectivity index (χ2v) is 7.31. The number of alkyl halides is 3. The van der Waals surface area contributed by atoms with Crippen LogP contribution in [-0.4, -0.2) is 50.9 Å². The molecule has 1 aromatic rings. The number of esters is 2. The number of amides is 1. The molecule has 0 aliphatic carbocycles. The van der Waals surface area contributed by atoms with E-state index in [1.807, 2.05) is 0 Å². The van der Waals surface area contributed by atoms with Gasteiger partial charge in [-0.05, 0) is 39.0 Å². The van der Waals surface area contributed by atoms with Crippen molar-refractivity contribution in [2.24, 2.45) is 0 Å². The van der Waals surface area contributed by atoms with Crippen molar-refractivity contribution in [2.45, 2.75) is 32.5 Å². The Morgan fingerprint density at radius 3 is 2.19 bits per heavy atom. The van der Waals surface area contributed by atoms with Crippen molar-refractivity contribution in [1.29, 1.82) is 0 Å². The standard InChI is InChI=1S/C20H26F3N3O6/c1-19(2,3)32-18(29)25-9-8-24-13-7-6-12(20(21,22)23)10-14(13)26-15(17(28)31-5)11-16(27)30-4/h6-7,10-11,24,26H,8-9H2,1-5H3,(H,25,29)/b15-11+. The number of carbonyl (C=O) groups is 3. The van der Waals surface area contributed by atoms with Gasteiger partial charge >= 0.3 is 24.2 Å². The largest absolute Gasteiger partial charge is 0.466 e. The number of carbonyl (C=O) groups excluding carboxylic acids is 3. The Morgan fingerprint density at radius 2 is 1.66 bits per heavy atom. The number of hydrogen-bond acceptors (Lipinski definition) is 8. The van der Waals surface area contributed by atoms with Gasteiger partial charge in [0.2, 0.25) is 0 Å². The Hall–Kier alpha value is -3.44. The molecule has 1 aromatic carbocycles. The smallest absolute Gasteiger partial charge is 0.416 e. The number of rotatable bonds is 8. The van der Waals surface area contributed by atoms with Gasteiger partial charge in [-0.3, -0.25) is 0 Å². The average Bonchev–Trinajstić information content (AvgIpc) is 2.68. The maximum absolute atomic E-state index is 13.2. The lowest BCUT2D eigenvalue weighted by Crippen LogP contribution is -2.35. The number of hydrogen-bond donors (Lipinski definition) is 3. The number of anilines is 2. The van der Waals surface area contributed by atoms with E-state index in [-0.39, 0.29) is 24.5 Å². The molecule has 0 heterocycles. The Balaban J connectivity index is 3.06. The van der Waals surface area contributed by atoms with Crippen molar-refractivity contribution >= 4 is 29.4 Å². The highest BCUT2D eigenvalue weighted by atomic mass is 19.4. The van der Waals surface area contributed by atoms with Gasteiger partial charge in [-0.1, -0.05) is 0 Å². The molecule has 3 N–H and O–H groups in total. The van der Waals surface area contributed by atoms with Gasteiger partial charge in [0.1, 0.15) is 11.3 Å². The first-order valence-electron chi connectivity index (χ1n) is 9.33.